The first-order chi connectivity index (χ1) is 15.1. The Morgan fingerprint density at radius 2 is 2.10 bits per heavy atom. The lowest BCUT2D eigenvalue weighted by atomic mass is 10.1. The van der Waals surface area contributed by atoms with E-state index in [9.17, 15) is 4.79 Å². The Bertz CT molecular complexity index is 1210. The number of carbonyl (C=O) groups is 1. The molecule has 0 radical (unpaired) electrons. The van der Waals surface area contributed by atoms with Gasteiger partial charge in [0.1, 0.15) is 0 Å². The van der Waals surface area contributed by atoms with Gasteiger partial charge in [0.15, 0.2) is 5.65 Å². The van der Waals surface area contributed by atoms with Crippen LogP contribution in [0.4, 0.5) is 11.4 Å². The van der Waals surface area contributed by atoms with Crippen LogP contribution in [0.3, 0.4) is 0 Å². The molecule has 6 nitrogen and oxygen atoms in total. The summed E-state index contributed by atoms with van der Waals surface area (Å²) in [6, 6.07) is 14.0. The zero-order chi connectivity index (χ0) is 21.4. The van der Waals surface area contributed by atoms with Crippen molar-refractivity contribution in [3.05, 3.63) is 70.2 Å². The minimum Gasteiger partial charge on any atom is -0.371 e. The summed E-state index contributed by atoms with van der Waals surface area (Å²) < 4.78 is 1.86. The molecule has 4 aromatic rings. The van der Waals surface area contributed by atoms with Gasteiger partial charge in [0.25, 0.3) is 5.91 Å². The first kappa shape index (κ1) is 19.8. The molecular formula is C24H25N5OS. The molecule has 4 heterocycles. The smallest absolute Gasteiger partial charge is 0.256 e. The van der Waals surface area contributed by atoms with E-state index in [2.05, 4.69) is 45.4 Å². The zero-order valence-electron chi connectivity index (χ0n) is 17.7. The number of rotatable bonds is 5. The van der Waals surface area contributed by atoms with Gasteiger partial charge in [0.2, 0.25) is 0 Å². The van der Waals surface area contributed by atoms with Gasteiger partial charge in [-0.1, -0.05) is 13.0 Å². The number of nitrogens with zero attached hydrogens (tertiary/aromatic N) is 4. The summed E-state index contributed by atoms with van der Waals surface area (Å²) in [5.74, 6) is 0.589. The second kappa shape index (κ2) is 8.15. The van der Waals surface area contributed by atoms with E-state index in [1.54, 1.807) is 17.5 Å². The monoisotopic (exact) mass is 431 g/mol. The number of aromatic nitrogens is 3. The van der Waals surface area contributed by atoms with Crippen molar-refractivity contribution in [2.45, 2.75) is 26.8 Å². The highest BCUT2D eigenvalue weighted by Gasteiger charge is 2.19. The third-order valence-electron chi connectivity index (χ3n) is 5.78. The van der Waals surface area contributed by atoms with E-state index < -0.39 is 0 Å². The standard InChI is InChI=1S/C24H25N5OS/c1-16-9-10-28(14-16)19-7-5-18(6-8-19)27-24(30)21-12-17(2)26-23-22(21)13-25-29(23)15-20-4-3-11-31-20/h3-8,11-13,16H,9-10,14-15H2,1-2H3,(H,27,30). The molecule has 158 valence electrons. The molecular weight excluding hydrogens is 406 g/mol. The second-order valence-electron chi connectivity index (χ2n) is 8.27. The van der Waals surface area contributed by atoms with Crippen LogP contribution in [0.1, 0.15) is 34.3 Å². The molecule has 0 spiro atoms. The summed E-state index contributed by atoms with van der Waals surface area (Å²) in [7, 11) is 0. The van der Waals surface area contributed by atoms with E-state index in [0.717, 1.165) is 41.4 Å². The van der Waals surface area contributed by atoms with Gasteiger partial charge >= 0.3 is 0 Å². The summed E-state index contributed by atoms with van der Waals surface area (Å²) in [6.45, 7) is 7.03. The summed E-state index contributed by atoms with van der Waals surface area (Å²) in [6.07, 6.45) is 2.97. The molecule has 1 aliphatic heterocycles. The number of fused-ring (bicyclic) bond motifs is 1. The molecule has 3 aromatic heterocycles. The molecule has 0 aliphatic carbocycles. The van der Waals surface area contributed by atoms with Gasteiger partial charge in [-0.05, 0) is 61.0 Å². The van der Waals surface area contributed by atoms with Crippen LogP contribution in [0.25, 0.3) is 11.0 Å². The van der Waals surface area contributed by atoms with E-state index in [4.69, 9.17) is 0 Å². The first-order valence-corrected chi connectivity index (χ1v) is 11.5. The maximum Gasteiger partial charge on any atom is 0.256 e. The van der Waals surface area contributed by atoms with Crippen LogP contribution >= 0.6 is 11.3 Å². The summed E-state index contributed by atoms with van der Waals surface area (Å²) in [4.78, 5) is 21.4. The van der Waals surface area contributed by atoms with Crippen LogP contribution < -0.4 is 10.2 Å². The lowest BCUT2D eigenvalue weighted by Crippen LogP contribution is -2.19. The Hall–Kier alpha value is -3.19. The normalized spacial score (nSPS) is 16.2. The summed E-state index contributed by atoms with van der Waals surface area (Å²) in [5.41, 5.74) is 4.12. The number of anilines is 2. The first-order valence-electron chi connectivity index (χ1n) is 10.6. The predicted molar refractivity (Wildman–Crippen MR) is 126 cm³/mol. The molecule has 0 bridgehead atoms. The summed E-state index contributed by atoms with van der Waals surface area (Å²) >= 11 is 1.69. The molecule has 7 heteroatoms. The van der Waals surface area contributed by atoms with E-state index in [-0.39, 0.29) is 5.91 Å². The Labute approximate surface area is 185 Å². The van der Waals surface area contributed by atoms with E-state index in [1.165, 1.54) is 17.0 Å². The van der Waals surface area contributed by atoms with Crippen molar-refractivity contribution in [1.82, 2.24) is 14.8 Å². The number of aryl methyl sites for hydroxylation is 1. The third-order valence-corrected chi connectivity index (χ3v) is 6.64. The molecule has 0 saturated carbocycles. The predicted octanol–water partition coefficient (Wildman–Crippen LogP) is 4.95. The molecule has 1 amide bonds. The number of carbonyl (C=O) groups excluding carboxylic acids is 1. The van der Waals surface area contributed by atoms with Gasteiger partial charge in [-0.25, -0.2) is 9.67 Å². The van der Waals surface area contributed by atoms with Crippen LogP contribution in [0.5, 0.6) is 0 Å². The zero-order valence-corrected chi connectivity index (χ0v) is 18.5. The summed E-state index contributed by atoms with van der Waals surface area (Å²) in [5, 5.41) is 10.4. The largest absolute Gasteiger partial charge is 0.371 e. The fourth-order valence-corrected chi connectivity index (χ4v) is 4.84. The molecule has 31 heavy (non-hydrogen) atoms. The van der Waals surface area contributed by atoms with Gasteiger partial charge < -0.3 is 10.2 Å². The maximum absolute atomic E-state index is 13.1. The van der Waals surface area contributed by atoms with E-state index in [0.29, 0.717) is 12.1 Å². The minimum atomic E-state index is -0.145. The van der Waals surface area contributed by atoms with E-state index in [1.807, 2.05) is 41.3 Å². The molecule has 1 unspecified atom stereocenters. The lowest BCUT2D eigenvalue weighted by Gasteiger charge is -2.18. The number of nitrogens with one attached hydrogen (secondary N) is 1. The quantitative estimate of drug-likeness (QED) is 0.486. The van der Waals surface area contributed by atoms with Crippen LogP contribution in [-0.2, 0) is 6.54 Å². The molecule has 1 aromatic carbocycles. The van der Waals surface area contributed by atoms with Gasteiger partial charge in [0.05, 0.1) is 23.7 Å². The van der Waals surface area contributed by atoms with Crippen LogP contribution in [0, 0.1) is 12.8 Å². The average molecular weight is 432 g/mol. The van der Waals surface area contributed by atoms with Crippen molar-refractivity contribution in [1.29, 1.82) is 0 Å². The number of thiophene rings is 1. The number of benzene rings is 1. The highest BCUT2D eigenvalue weighted by atomic mass is 32.1. The van der Waals surface area contributed by atoms with Crippen LogP contribution in [0.15, 0.2) is 54.0 Å². The molecule has 1 saturated heterocycles. The molecule has 1 fully saturated rings. The Morgan fingerprint density at radius 1 is 1.26 bits per heavy atom. The Kier molecular flexibility index (Phi) is 5.19. The number of hydrogen-bond donors (Lipinski definition) is 1. The lowest BCUT2D eigenvalue weighted by molar-refractivity contribution is 0.102. The SMILES string of the molecule is Cc1cc(C(=O)Nc2ccc(N3CCC(C)C3)cc2)c2cnn(Cc3cccs3)c2n1. The van der Waals surface area contributed by atoms with Crippen LogP contribution in [-0.4, -0.2) is 33.8 Å². The van der Waals surface area contributed by atoms with Crippen molar-refractivity contribution < 1.29 is 4.79 Å². The van der Waals surface area contributed by atoms with Crippen molar-refractivity contribution in [3.8, 4) is 0 Å². The highest BCUT2D eigenvalue weighted by molar-refractivity contribution is 7.09. The van der Waals surface area contributed by atoms with E-state index >= 15 is 0 Å². The molecule has 1 N–H and O–H groups in total. The average Bonchev–Trinajstić information content (AvgIpc) is 3.51. The van der Waals surface area contributed by atoms with Crippen molar-refractivity contribution in [3.63, 3.8) is 0 Å². The number of pyridine rings is 1. The third kappa shape index (κ3) is 4.05. The molecule has 1 aliphatic rings. The maximum atomic E-state index is 13.1. The van der Waals surface area contributed by atoms with Crippen molar-refractivity contribution >= 4 is 39.7 Å². The van der Waals surface area contributed by atoms with Crippen LogP contribution in [0.2, 0.25) is 0 Å². The second-order valence-corrected chi connectivity index (χ2v) is 9.30. The van der Waals surface area contributed by atoms with Gasteiger partial charge in [-0.3, -0.25) is 4.79 Å². The Balaban J connectivity index is 1.37. The van der Waals surface area contributed by atoms with Gasteiger partial charge in [0, 0.05) is 35.0 Å². The molecule has 5 rings (SSSR count). The fourth-order valence-electron chi connectivity index (χ4n) is 4.15. The Morgan fingerprint density at radius 3 is 2.81 bits per heavy atom. The highest BCUT2D eigenvalue weighted by Crippen LogP contribution is 2.26. The van der Waals surface area contributed by atoms with Gasteiger partial charge in [-0.15, -0.1) is 11.3 Å². The topological polar surface area (TPSA) is 63.1 Å². The number of hydrogen-bond acceptors (Lipinski definition) is 5. The number of amides is 1. The van der Waals surface area contributed by atoms with Crippen molar-refractivity contribution in [2.75, 3.05) is 23.3 Å². The van der Waals surface area contributed by atoms with Gasteiger partial charge in [-0.2, -0.15) is 5.10 Å². The fraction of sp³-hybridized carbons (Fsp3) is 0.292. The minimum absolute atomic E-state index is 0.145. The molecule has 1 atom stereocenters. The van der Waals surface area contributed by atoms with Crippen molar-refractivity contribution in [2.24, 2.45) is 5.92 Å².